The van der Waals surface area contributed by atoms with Gasteiger partial charge in [-0.15, -0.1) is 11.8 Å². The third-order valence-corrected chi connectivity index (χ3v) is 3.56. The number of thioether (sulfide) groups is 1. The molecule has 1 aromatic rings. The number of esters is 1. The molecule has 0 aliphatic carbocycles. The summed E-state index contributed by atoms with van der Waals surface area (Å²) in [5.41, 5.74) is 0.878. The summed E-state index contributed by atoms with van der Waals surface area (Å²) in [5, 5.41) is 3.24. The zero-order valence-electron chi connectivity index (χ0n) is 11.4. The average molecular weight is 285 g/mol. The number of hydrogen-bond acceptors (Lipinski definition) is 4. The topological polar surface area (TPSA) is 38.3 Å². The van der Waals surface area contributed by atoms with Crippen molar-refractivity contribution in [2.45, 2.75) is 31.7 Å². The molecule has 5 heteroatoms. The molecule has 106 valence electrons. The van der Waals surface area contributed by atoms with E-state index in [-0.39, 0.29) is 17.5 Å². The maximum atomic E-state index is 13.8. The van der Waals surface area contributed by atoms with E-state index < -0.39 is 0 Å². The third-order valence-electron chi connectivity index (χ3n) is 2.43. The third kappa shape index (κ3) is 5.61. The van der Waals surface area contributed by atoms with Gasteiger partial charge < -0.3 is 10.1 Å². The van der Waals surface area contributed by atoms with Crippen LogP contribution in [0.2, 0.25) is 0 Å². The summed E-state index contributed by atoms with van der Waals surface area (Å²) in [5.74, 6) is -0.469. The maximum absolute atomic E-state index is 13.8. The highest BCUT2D eigenvalue weighted by Crippen LogP contribution is 2.26. The molecule has 0 unspecified atom stereocenters. The Bertz CT molecular complexity index is 412. The first kappa shape index (κ1) is 16.0. The molecule has 19 heavy (non-hydrogen) atoms. The van der Waals surface area contributed by atoms with Gasteiger partial charge in [0.25, 0.3) is 0 Å². The Balaban J connectivity index is 2.66. The molecule has 1 rings (SSSR count). The number of halogens is 1. The van der Waals surface area contributed by atoms with Gasteiger partial charge in [0.1, 0.15) is 5.82 Å². The number of carbonyl (C=O) groups is 1. The number of carbonyl (C=O) groups excluding carboxylic acids is 1. The molecule has 0 aliphatic rings. The molecule has 1 N–H and O–H groups in total. The predicted molar refractivity (Wildman–Crippen MR) is 75.8 cm³/mol. The SMILES string of the molecule is CCCNCc1cccc(F)c1SCC(=O)OCC. The van der Waals surface area contributed by atoms with Crippen LogP contribution in [0.4, 0.5) is 4.39 Å². The first-order valence-electron chi connectivity index (χ1n) is 6.45. The number of ether oxygens (including phenoxy) is 1. The fourth-order valence-electron chi connectivity index (χ4n) is 1.59. The molecule has 0 aromatic heterocycles. The molecule has 0 saturated heterocycles. The van der Waals surface area contributed by atoms with E-state index in [1.807, 2.05) is 6.07 Å². The van der Waals surface area contributed by atoms with Gasteiger partial charge in [0.15, 0.2) is 0 Å². The highest BCUT2D eigenvalue weighted by atomic mass is 32.2. The molecule has 0 atom stereocenters. The summed E-state index contributed by atoms with van der Waals surface area (Å²) in [6.07, 6.45) is 1.03. The lowest BCUT2D eigenvalue weighted by molar-refractivity contribution is -0.139. The predicted octanol–water partition coefficient (Wildman–Crippen LogP) is 2.98. The van der Waals surface area contributed by atoms with Gasteiger partial charge in [-0.2, -0.15) is 0 Å². The molecule has 0 aliphatic heterocycles. The molecule has 3 nitrogen and oxygen atoms in total. The van der Waals surface area contributed by atoms with Gasteiger partial charge in [-0.25, -0.2) is 4.39 Å². The van der Waals surface area contributed by atoms with Crippen LogP contribution in [0.1, 0.15) is 25.8 Å². The zero-order valence-corrected chi connectivity index (χ0v) is 12.2. The summed E-state index contributed by atoms with van der Waals surface area (Å²) in [6, 6.07) is 4.97. The van der Waals surface area contributed by atoms with Gasteiger partial charge in [0.05, 0.1) is 12.4 Å². The summed E-state index contributed by atoms with van der Waals surface area (Å²) in [6.45, 7) is 5.68. The quantitative estimate of drug-likeness (QED) is 0.453. The normalized spacial score (nSPS) is 10.5. The molecule has 0 fully saturated rings. The van der Waals surface area contributed by atoms with E-state index in [0.717, 1.165) is 18.5 Å². The van der Waals surface area contributed by atoms with E-state index in [0.29, 0.717) is 18.0 Å². The molecule has 0 amide bonds. The summed E-state index contributed by atoms with van der Waals surface area (Å²) < 4.78 is 18.6. The monoisotopic (exact) mass is 285 g/mol. The summed E-state index contributed by atoms with van der Waals surface area (Å²) >= 11 is 1.19. The number of rotatable bonds is 8. The van der Waals surface area contributed by atoms with Crippen LogP contribution in [-0.4, -0.2) is 24.9 Å². The Morgan fingerprint density at radius 1 is 1.42 bits per heavy atom. The fourth-order valence-corrected chi connectivity index (χ4v) is 2.46. The lowest BCUT2D eigenvalue weighted by Crippen LogP contribution is -2.15. The van der Waals surface area contributed by atoms with Crippen LogP contribution in [0.25, 0.3) is 0 Å². The Morgan fingerprint density at radius 3 is 2.89 bits per heavy atom. The van der Waals surface area contributed by atoms with Crippen LogP contribution in [0.5, 0.6) is 0 Å². The van der Waals surface area contributed by atoms with Crippen molar-refractivity contribution in [1.29, 1.82) is 0 Å². The van der Waals surface area contributed by atoms with Crippen molar-refractivity contribution in [2.75, 3.05) is 18.9 Å². The molecule has 1 aromatic carbocycles. The summed E-state index contributed by atoms with van der Waals surface area (Å²) in [7, 11) is 0. The van der Waals surface area contributed by atoms with Crippen molar-refractivity contribution in [2.24, 2.45) is 0 Å². The van der Waals surface area contributed by atoms with E-state index in [1.165, 1.54) is 17.8 Å². The van der Waals surface area contributed by atoms with Crippen LogP contribution >= 0.6 is 11.8 Å². The van der Waals surface area contributed by atoms with Crippen molar-refractivity contribution in [1.82, 2.24) is 5.32 Å². The van der Waals surface area contributed by atoms with Gasteiger partial charge in [-0.1, -0.05) is 19.1 Å². The van der Waals surface area contributed by atoms with Gasteiger partial charge >= 0.3 is 5.97 Å². The molecule has 0 radical (unpaired) electrons. The van der Waals surface area contributed by atoms with Gasteiger partial charge in [0, 0.05) is 11.4 Å². The zero-order chi connectivity index (χ0) is 14.1. The molecule has 0 heterocycles. The van der Waals surface area contributed by atoms with Crippen LogP contribution < -0.4 is 5.32 Å². The first-order chi connectivity index (χ1) is 9.19. The second kappa shape index (κ2) is 8.93. The van der Waals surface area contributed by atoms with Crippen molar-refractivity contribution < 1.29 is 13.9 Å². The van der Waals surface area contributed by atoms with Crippen molar-refractivity contribution in [3.05, 3.63) is 29.6 Å². The molecular weight excluding hydrogens is 265 g/mol. The highest BCUT2D eigenvalue weighted by molar-refractivity contribution is 8.00. The summed E-state index contributed by atoms with van der Waals surface area (Å²) in [4.78, 5) is 11.8. The Hall–Kier alpha value is -1.07. The minimum Gasteiger partial charge on any atom is -0.465 e. The van der Waals surface area contributed by atoms with Crippen molar-refractivity contribution in [3.63, 3.8) is 0 Å². The van der Waals surface area contributed by atoms with Crippen molar-refractivity contribution in [3.8, 4) is 0 Å². The highest BCUT2D eigenvalue weighted by Gasteiger charge is 2.11. The van der Waals surface area contributed by atoms with E-state index in [1.54, 1.807) is 13.0 Å². The van der Waals surface area contributed by atoms with Gasteiger partial charge in [0.2, 0.25) is 0 Å². The Morgan fingerprint density at radius 2 is 2.21 bits per heavy atom. The number of benzene rings is 1. The van der Waals surface area contributed by atoms with Crippen LogP contribution in [0.15, 0.2) is 23.1 Å². The van der Waals surface area contributed by atoms with E-state index in [4.69, 9.17) is 4.74 Å². The minimum absolute atomic E-state index is 0.134. The second-order valence-electron chi connectivity index (χ2n) is 4.00. The standard InChI is InChI=1S/C14H20FNO2S/c1-3-8-16-9-11-6-5-7-12(15)14(11)19-10-13(17)18-4-2/h5-7,16H,3-4,8-10H2,1-2H3. The lowest BCUT2D eigenvalue weighted by Gasteiger charge is -2.10. The Kier molecular flexibility index (Phi) is 7.52. The second-order valence-corrected chi connectivity index (χ2v) is 4.98. The maximum Gasteiger partial charge on any atom is 0.316 e. The number of nitrogens with one attached hydrogen (secondary N) is 1. The smallest absolute Gasteiger partial charge is 0.316 e. The van der Waals surface area contributed by atoms with Crippen molar-refractivity contribution >= 4 is 17.7 Å². The van der Waals surface area contributed by atoms with Gasteiger partial charge in [-0.05, 0) is 31.5 Å². The van der Waals surface area contributed by atoms with Crippen LogP contribution in [0, 0.1) is 5.82 Å². The number of hydrogen-bond donors (Lipinski definition) is 1. The van der Waals surface area contributed by atoms with Crippen LogP contribution in [-0.2, 0) is 16.1 Å². The average Bonchev–Trinajstić information content (AvgIpc) is 2.38. The molecule has 0 saturated carbocycles. The van der Waals surface area contributed by atoms with E-state index in [9.17, 15) is 9.18 Å². The van der Waals surface area contributed by atoms with Gasteiger partial charge in [-0.3, -0.25) is 4.79 Å². The fraction of sp³-hybridized carbons (Fsp3) is 0.500. The van der Waals surface area contributed by atoms with Crippen LogP contribution in [0.3, 0.4) is 0 Å². The lowest BCUT2D eigenvalue weighted by atomic mass is 10.2. The van der Waals surface area contributed by atoms with E-state index >= 15 is 0 Å². The molecular formula is C14H20FNO2S. The Labute approximate surface area is 117 Å². The molecule has 0 spiro atoms. The minimum atomic E-state index is -0.316. The largest absolute Gasteiger partial charge is 0.465 e. The first-order valence-corrected chi connectivity index (χ1v) is 7.44. The molecule has 0 bridgehead atoms. The van der Waals surface area contributed by atoms with E-state index in [2.05, 4.69) is 12.2 Å².